The second kappa shape index (κ2) is 6.83. The lowest BCUT2D eigenvalue weighted by Gasteiger charge is -2.21. The molecule has 0 spiro atoms. The number of hydrogen-bond donors (Lipinski definition) is 4. The lowest BCUT2D eigenvalue weighted by Crippen LogP contribution is -2.46. The van der Waals surface area contributed by atoms with Crippen LogP contribution in [0.15, 0.2) is 30.3 Å². The minimum absolute atomic E-state index is 0.0209. The van der Waals surface area contributed by atoms with Gasteiger partial charge in [0.2, 0.25) is 5.91 Å². The van der Waals surface area contributed by atoms with Crippen molar-refractivity contribution in [1.29, 1.82) is 0 Å². The third-order valence-electron chi connectivity index (χ3n) is 3.55. The summed E-state index contributed by atoms with van der Waals surface area (Å²) in [6.45, 7) is 4.88. The summed E-state index contributed by atoms with van der Waals surface area (Å²) in [5, 5.41) is 18.3. The largest absolute Gasteiger partial charge is 0.395 e. The van der Waals surface area contributed by atoms with Crippen molar-refractivity contribution in [3.8, 4) is 0 Å². The first-order valence-electron chi connectivity index (χ1n) is 7.08. The zero-order chi connectivity index (χ0) is 14.5. The maximum atomic E-state index is 12.3. The molecule has 5 nitrogen and oxygen atoms in total. The van der Waals surface area contributed by atoms with Crippen molar-refractivity contribution in [2.24, 2.45) is 5.92 Å². The molecule has 1 aromatic carbocycles. The second-order valence-corrected chi connectivity index (χ2v) is 5.55. The quantitative estimate of drug-likeness (QED) is 0.549. The van der Waals surface area contributed by atoms with Crippen LogP contribution in [0.3, 0.4) is 0 Å². The van der Waals surface area contributed by atoms with Crippen molar-refractivity contribution in [3.63, 3.8) is 0 Å². The van der Waals surface area contributed by atoms with E-state index in [0.29, 0.717) is 6.54 Å². The molecule has 0 unspecified atom stereocenters. The van der Waals surface area contributed by atoms with Crippen molar-refractivity contribution in [1.82, 2.24) is 10.6 Å². The van der Waals surface area contributed by atoms with Crippen molar-refractivity contribution < 1.29 is 9.90 Å². The number of para-hydroxylation sites is 1. The molecule has 1 fully saturated rings. The number of benzene rings is 1. The van der Waals surface area contributed by atoms with Gasteiger partial charge < -0.3 is 21.1 Å². The molecule has 1 heterocycles. The maximum Gasteiger partial charge on any atom is 0.241 e. The monoisotopic (exact) mass is 277 g/mol. The summed E-state index contributed by atoms with van der Waals surface area (Å²) in [5.41, 5.74) is 0.808. The van der Waals surface area contributed by atoms with E-state index in [2.05, 4.69) is 16.0 Å². The third kappa shape index (κ3) is 4.03. The lowest BCUT2D eigenvalue weighted by molar-refractivity contribution is -0.119. The van der Waals surface area contributed by atoms with Gasteiger partial charge in [0.25, 0.3) is 0 Å². The van der Waals surface area contributed by atoms with E-state index in [1.54, 1.807) is 0 Å². The summed E-state index contributed by atoms with van der Waals surface area (Å²) < 4.78 is 0. The highest BCUT2D eigenvalue weighted by Gasteiger charge is 2.36. The van der Waals surface area contributed by atoms with E-state index in [1.807, 2.05) is 44.2 Å². The third-order valence-corrected chi connectivity index (χ3v) is 3.55. The number of carbonyl (C=O) groups excluding carboxylic acids is 1. The Morgan fingerprint density at radius 3 is 2.55 bits per heavy atom. The van der Waals surface area contributed by atoms with E-state index in [4.69, 9.17) is 5.11 Å². The van der Waals surface area contributed by atoms with Gasteiger partial charge in [0.15, 0.2) is 0 Å². The predicted molar refractivity (Wildman–Crippen MR) is 79.5 cm³/mol. The molecule has 0 saturated carbocycles. The van der Waals surface area contributed by atoms with Gasteiger partial charge in [0.1, 0.15) is 0 Å². The molecule has 3 atom stereocenters. The molecule has 110 valence electrons. The van der Waals surface area contributed by atoms with E-state index in [-0.39, 0.29) is 36.6 Å². The molecule has 20 heavy (non-hydrogen) atoms. The molecule has 0 aliphatic carbocycles. The van der Waals surface area contributed by atoms with Crippen LogP contribution in [0.1, 0.15) is 13.8 Å². The Hall–Kier alpha value is -1.43. The number of aliphatic hydroxyl groups is 1. The first kappa shape index (κ1) is 15.0. The highest BCUT2D eigenvalue weighted by Crippen LogP contribution is 2.12. The van der Waals surface area contributed by atoms with Gasteiger partial charge in [-0.3, -0.25) is 4.79 Å². The molecular weight excluding hydrogens is 254 g/mol. The van der Waals surface area contributed by atoms with E-state index >= 15 is 0 Å². The standard InChI is InChI=1S/C15H23N3O2/c1-10(2)14(16-8-12-13(9-19)18-12)15(20)17-11-6-4-3-5-7-11/h3-7,10,12-14,16,18-19H,8-9H2,1-2H3,(H,17,20)/t12-,13-,14-/m1/s1. The van der Waals surface area contributed by atoms with Gasteiger partial charge in [0.05, 0.1) is 12.6 Å². The Labute approximate surface area is 119 Å². The zero-order valence-corrected chi connectivity index (χ0v) is 12.0. The summed E-state index contributed by atoms with van der Waals surface area (Å²) >= 11 is 0. The minimum Gasteiger partial charge on any atom is -0.395 e. The molecule has 1 aromatic rings. The number of amides is 1. The smallest absolute Gasteiger partial charge is 0.241 e. The van der Waals surface area contributed by atoms with Gasteiger partial charge in [-0.05, 0) is 18.1 Å². The zero-order valence-electron chi connectivity index (χ0n) is 12.0. The SMILES string of the molecule is CC(C)[C@@H](NC[C@H]1N[C@@H]1CO)C(=O)Nc1ccccc1. The highest BCUT2D eigenvalue weighted by atomic mass is 16.3. The summed E-state index contributed by atoms with van der Waals surface area (Å²) in [6.07, 6.45) is 0. The Morgan fingerprint density at radius 1 is 1.30 bits per heavy atom. The fourth-order valence-electron chi connectivity index (χ4n) is 2.23. The van der Waals surface area contributed by atoms with Crippen molar-refractivity contribution >= 4 is 11.6 Å². The van der Waals surface area contributed by atoms with Crippen molar-refractivity contribution in [3.05, 3.63) is 30.3 Å². The molecule has 4 N–H and O–H groups in total. The fourth-order valence-corrected chi connectivity index (χ4v) is 2.23. The number of nitrogens with one attached hydrogen (secondary N) is 3. The Balaban J connectivity index is 1.86. The fraction of sp³-hybridized carbons (Fsp3) is 0.533. The Kier molecular flexibility index (Phi) is 5.11. The summed E-state index contributed by atoms with van der Waals surface area (Å²) in [5.74, 6) is 0.178. The van der Waals surface area contributed by atoms with Gasteiger partial charge in [-0.2, -0.15) is 0 Å². The van der Waals surface area contributed by atoms with Gasteiger partial charge in [-0.25, -0.2) is 0 Å². The molecular formula is C15H23N3O2. The van der Waals surface area contributed by atoms with Crippen LogP contribution in [0.25, 0.3) is 0 Å². The van der Waals surface area contributed by atoms with Crippen LogP contribution in [0.5, 0.6) is 0 Å². The van der Waals surface area contributed by atoms with Crippen LogP contribution < -0.4 is 16.0 Å². The van der Waals surface area contributed by atoms with E-state index in [0.717, 1.165) is 5.69 Å². The summed E-state index contributed by atoms with van der Waals surface area (Å²) in [6, 6.07) is 9.66. The van der Waals surface area contributed by atoms with Crippen molar-refractivity contribution in [2.75, 3.05) is 18.5 Å². The van der Waals surface area contributed by atoms with Crippen molar-refractivity contribution in [2.45, 2.75) is 32.0 Å². The Bertz CT molecular complexity index is 436. The normalized spacial score (nSPS) is 22.6. The van der Waals surface area contributed by atoms with Crippen LogP contribution in [0, 0.1) is 5.92 Å². The van der Waals surface area contributed by atoms with Crippen LogP contribution >= 0.6 is 0 Å². The molecule has 1 aliphatic rings. The molecule has 1 saturated heterocycles. The first-order valence-corrected chi connectivity index (χ1v) is 7.08. The highest BCUT2D eigenvalue weighted by molar-refractivity contribution is 5.94. The Morgan fingerprint density at radius 2 is 2.00 bits per heavy atom. The molecule has 2 rings (SSSR count). The van der Waals surface area contributed by atoms with Crippen LogP contribution in [0.2, 0.25) is 0 Å². The van der Waals surface area contributed by atoms with E-state index in [9.17, 15) is 4.79 Å². The number of anilines is 1. The number of rotatable bonds is 7. The van der Waals surface area contributed by atoms with Crippen LogP contribution in [0.4, 0.5) is 5.69 Å². The number of carbonyl (C=O) groups is 1. The van der Waals surface area contributed by atoms with E-state index in [1.165, 1.54) is 0 Å². The van der Waals surface area contributed by atoms with E-state index < -0.39 is 0 Å². The number of aliphatic hydroxyl groups excluding tert-OH is 1. The molecule has 0 bridgehead atoms. The van der Waals surface area contributed by atoms with Crippen LogP contribution in [-0.2, 0) is 4.79 Å². The maximum absolute atomic E-state index is 12.3. The molecule has 0 radical (unpaired) electrons. The van der Waals surface area contributed by atoms with Gasteiger partial charge in [-0.1, -0.05) is 32.0 Å². The molecule has 5 heteroatoms. The average Bonchev–Trinajstić information content (AvgIpc) is 3.18. The molecule has 0 aromatic heterocycles. The van der Waals surface area contributed by atoms with Gasteiger partial charge in [0, 0.05) is 24.3 Å². The minimum atomic E-state index is -0.239. The topological polar surface area (TPSA) is 83.3 Å². The van der Waals surface area contributed by atoms with Crippen LogP contribution in [-0.4, -0.2) is 42.3 Å². The number of hydrogen-bond acceptors (Lipinski definition) is 4. The second-order valence-electron chi connectivity index (χ2n) is 5.55. The predicted octanol–water partition coefficient (Wildman–Crippen LogP) is 0.572. The van der Waals surface area contributed by atoms with Gasteiger partial charge in [-0.15, -0.1) is 0 Å². The molecule has 1 amide bonds. The van der Waals surface area contributed by atoms with Gasteiger partial charge >= 0.3 is 0 Å². The lowest BCUT2D eigenvalue weighted by atomic mass is 10.0. The summed E-state index contributed by atoms with van der Waals surface area (Å²) in [4.78, 5) is 12.3. The molecule has 1 aliphatic heterocycles. The average molecular weight is 277 g/mol. The first-order chi connectivity index (χ1) is 9.61. The summed E-state index contributed by atoms with van der Waals surface area (Å²) in [7, 11) is 0.